The van der Waals surface area contributed by atoms with Gasteiger partial charge in [0.25, 0.3) is 0 Å². The molecule has 1 heterocycles. The first-order valence-corrected chi connectivity index (χ1v) is 8.25. The number of nitrogens with zero attached hydrogens (tertiary/aromatic N) is 1. The van der Waals surface area contributed by atoms with E-state index in [0.29, 0.717) is 11.9 Å². The fraction of sp³-hybridized carbons (Fsp3) is 0.938. The van der Waals surface area contributed by atoms with Gasteiger partial charge < -0.3 is 10.2 Å². The Morgan fingerprint density at radius 2 is 2.00 bits per heavy atom. The molecule has 3 heteroatoms. The third-order valence-corrected chi connectivity index (χ3v) is 5.04. The van der Waals surface area contributed by atoms with Crippen molar-refractivity contribution in [3.05, 3.63) is 0 Å². The molecule has 19 heavy (non-hydrogen) atoms. The Kier molecular flexibility index (Phi) is 5.26. The topological polar surface area (TPSA) is 32.3 Å². The molecule has 110 valence electrons. The standard InChI is InChI=1S/C16H30N2O/c1-3-10-16(11-12-17-13-16)15(19)18(4-2)14-8-6-5-7-9-14/h14,17H,3-13H2,1-2H3. The summed E-state index contributed by atoms with van der Waals surface area (Å²) in [6.45, 7) is 7.13. The highest BCUT2D eigenvalue weighted by molar-refractivity contribution is 5.83. The van der Waals surface area contributed by atoms with Gasteiger partial charge in [0.1, 0.15) is 0 Å². The van der Waals surface area contributed by atoms with Crippen molar-refractivity contribution in [1.29, 1.82) is 0 Å². The summed E-state index contributed by atoms with van der Waals surface area (Å²) in [4.78, 5) is 15.3. The SMILES string of the molecule is CCCC1(C(=O)N(CC)C2CCCCC2)CCNC1. The van der Waals surface area contributed by atoms with Gasteiger partial charge in [0.05, 0.1) is 5.41 Å². The number of nitrogens with one attached hydrogen (secondary N) is 1. The molecule has 0 bridgehead atoms. The van der Waals surface area contributed by atoms with Crippen LogP contribution in [0.15, 0.2) is 0 Å². The van der Waals surface area contributed by atoms with E-state index in [4.69, 9.17) is 0 Å². The average Bonchev–Trinajstić information content (AvgIpc) is 2.91. The summed E-state index contributed by atoms with van der Waals surface area (Å²) in [5.74, 6) is 0.439. The van der Waals surface area contributed by atoms with Crippen molar-refractivity contribution in [3.8, 4) is 0 Å². The molecule has 1 amide bonds. The molecule has 1 aliphatic heterocycles. The van der Waals surface area contributed by atoms with Gasteiger partial charge >= 0.3 is 0 Å². The van der Waals surface area contributed by atoms with Crippen molar-refractivity contribution < 1.29 is 4.79 Å². The van der Waals surface area contributed by atoms with Crippen LogP contribution < -0.4 is 5.32 Å². The second kappa shape index (κ2) is 6.74. The van der Waals surface area contributed by atoms with Crippen LogP contribution in [0.2, 0.25) is 0 Å². The van der Waals surface area contributed by atoms with Crippen LogP contribution in [0.25, 0.3) is 0 Å². The van der Waals surface area contributed by atoms with Crippen LogP contribution in [0.1, 0.15) is 65.2 Å². The minimum Gasteiger partial charge on any atom is -0.339 e. The Balaban J connectivity index is 2.09. The largest absolute Gasteiger partial charge is 0.339 e. The van der Waals surface area contributed by atoms with E-state index in [0.717, 1.165) is 38.9 Å². The Bertz CT molecular complexity index is 291. The van der Waals surface area contributed by atoms with Gasteiger partial charge in [-0.1, -0.05) is 32.6 Å². The highest BCUT2D eigenvalue weighted by Gasteiger charge is 2.43. The summed E-state index contributed by atoms with van der Waals surface area (Å²) in [5, 5.41) is 3.41. The zero-order valence-electron chi connectivity index (χ0n) is 12.7. The molecule has 0 aromatic carbocycles. The van der Waals surface area contributed by atoms with Gasteiger partial charge in [-0.15, -0.1) is 0 Å². The molecule has 2 fully saturated rings. The normalized spacial score (nSPS) is 28.5. The summed E-state index contributed by atoms with van der Waals surface area (Å²) in [7, 11) is 0. The molecule has 1 saturated heterocycles. The van der Waals surface area contributed by atoms with Crippen LogP contribution in [-0.2, 0) is 4.79 Å². The molecule has 2 aliphatic rings. The van der Waals surface area contributed by atoms with E-state index in [9.17, 15) is 4.79 Å². The van der Waals surface area contributed by atoms with Crippen LogP contribution in [0.3, 0.4) is 0 Å². The molecule has 0 aromatic rings. The zero-order valence-corrected chi connectivity index (χ0v) is 12.7. The lowest BCUT2D eigenvalue weighted by Gasteiger charge is -2.39. The Morgan fingerprint density at radius 3 is 2.53 bits per heavy atom. The number of rotatable bonds is 5. The quantitative estimate of drug-likeness (QED) is 0.830. The van der Waals surface area contributed by atoms with E-state index in [1.807, 2.05) is 0 Å². The molecule has 3 nitrogen and oxygen atoms in total. The molecule has 0 spiro atoms. The monoisotopic (exact) mass is 266 g/mol. The maximum absolute atomic E-state index is 13.1. The van der Waals surface area contributed by atoms with E-state index in [1.54, 1.807) is 0 Å². The second-order valence-electron chi connectivity index (χ2n) is 6.34. The number of carbonyl (C=O) groups excluding carboxylic acids is 1. The zero-order chi connectivity index (χ0) is 13.7. The highest BCUT2D eigenvalue weighted by atomic mass is 16.2. The van der Waals surface area contributed by atoms with E-state index in [1.165, 1.54) is 32.1 Å². The lowest BCUT2D eigenvalue weighted by molar-refractivity contribution is -0.144. The molecule has 1 atom stereocenters. The van der Waals surface area contributed by atoms with Crippen LogP contribution in [0, 0.1) is 5.41 Å². The van der Waals surface area contributed by atoms with Crippen molar-refractivity contribution in [3.63, 3.8) is 0 Å². The fourth-order valence-electron chi connectivity index (χ4n) is 3.99. The lowest BCUT2D eigenvalue weighted by Crippen LogP contribution is -2.50. The van der Waals surface area contributed by atoms with Crippen molar-refractivity contribution in [2.75, 3.05) is 19.6 Å². The van der Waals surface area contributed by atoms with Gasteiger partial charge in [0.15, 0.2) is 0 Å². The lowest BCUT2D eigenvalue weighted by atomic mass is 9.80. The summed E-state index contributed by atoms with van der Waals surface area (Å²) in [5.41, 5.74) is -0.0950. The van der Waals surface area contributed by atoms with Crippen molar-refractivity contribution in [2.45, 2.75) is 71.3 Å². The second-order valence-corrected chi connectivity index (χ2v) is 6.34. The maximum atomic E-state index is 13.1. The molecular weight excluding hydrogens is 236 g/mol. The number of carbonyl (C=O) groups is 1. The predicted molar refractivity (Wildman–Crippen MR) is 79.1 cm³/mol. The smallest absolute Gasteiger partial charge is 0.230 e. The van der Waals surface area contributed by atoms with Crippen molar-refractivity contribution in [1.82, 2.24) is 10.2 Å². The van der Waals surface area contributed by atoms with Gasteiger partial charge in [-0.05, 0) is 39.2 Å². The summed E-state index contributed by atoms with van der Waals surface area (Å²) in [6, 6.07) is 0.514. The van der Waals surface area contributed by atoms with Gasteiger partial charge in [-0.25, -0.2) is 0 Å². The first-order valence-electron chi connectivity index (χ1n) is 8.25. The Morgan fingerprint density at radius 1 is 1.26 bits per heavy atom. The van der Waals surface area contributed by atoms with E-state index < -0.39 is 0 Å². The molecule has 1 saturated carbocycles. The molecule has 2 rings (SSSR count). The Labute approximate surface area is 118 Å². The number of hydrogen-bond donors (Lipinski definition) is 1. The molecule has 1 N–H and O–H groups in total. The number of hydrogen-bond acceptors (Lipinski definition) is 2. The summed E-state index contributed by atoms with van der Waals surface area (Å²) >= 11 is 0. The molecular formula is C16H30N2O. The minimum atomic E-state index is -0.0950. The van der Waals surface area contributed by atoms with Crippen LogP contribution >= 0.6 is 0 Å². The van der Waals surface area contributed by atoms with Gasteiger partial charge in [-0.3, -0.25) is 4.79 Å². The maximum Gasteiger partial charge on any atom is 0.230 e. The average molecular weight is 266 g/mol. The first-order chi connectivity index (χ1) is 9.23. The van der Waals surface area contributed by atoms with E-state index in [2.05, 4.69) is 24.1 Å². The molecule has 1 unspecified atom stereocenters. The Hall–Kier alpha value is -0.570. The summed E-state index contributed by atoms with van der Waals surface area (Å²) in [6.07, 6.45) is 9.57. The summed E-state index contributed by atoms with van der Waals surface area (Å²) < 4.78 is 0. The third-order valence-electron chi connectivity index (χ3n) is 5.04. The van der Waals surface area contributed by atoms with Crippen LogP contribution in [-0.4, -0.2) is 36.5 Å². The molecule has 0 aromatic heterocycles. The van der Waals surface area contributed by atoms with Crippen LogP contribution in [0.5, 0.6) is 0 Å². The van der Waals surface area contributed by atoms with Gasteiger partial charge in [0.2, 0.25) is 5.91 Å². The van der Waals surface area contributed by atoms with Gasteiger partial charge in [-0.2, -0.15) is 0 Å². The molecule has 1 aliphatic carbocycles. The fourth-order valence-corrected chi connectivity index (χ4v) is 3.99. The predicted octanol–water partition coefficient (Wildman–Crippen LogP) is 2.95. The first kappa shape index (κ1) is 14.8. The molecule has 0 radical (unpaired) electrons. The number of amides is 1. The highest BCUT2D eigenvalue weighted by Crippen LogP contribution is 2.35. The van der Waals surface area contributed by atoms with Gasteiger partial charge in [0, 0.05) is 19.1 Å². The minimum absolute atomic E-state index is 0.0950. The van der Waals surface area contributed by atoms with E-state index in [-0.39, 0.29) is 5.41 Å². The van der Waals surface area contributed by atoms with Crippen molar-refractivity contribution in [2.24, 2.45) is 5.41 Å². The van der Waals surface area contributed by atoms with Crippen molar-refractivity contribution >= 4 is 5.91 Å². The third kappa shape index (κ3) is 3.13. The van der Waals surface area contributed by atoms with Crippen LogP contribution in [0.4, 0.5) is 0 Å². The van der Waals surface area contributed by atoms with E-state index >= 15 is 0 Å².